The molecule has 3 aromatic rings. The second kappa shape index (κ2) is 27.8. The molecule has 15 heteroatoms. The van der Waals surface area contributed by atoms with E-state index >= 15 is 0 Å². The molecule has 2 aromatic heterocycles. The quantitative estimate of drug-likeness (QED) is 0.0658. The molecule has 308 valence electrons. The van der Waals surface area contributed by atoms with Crippen LogP contribution in [0.5, 0.6) is 0 Å². The number of Topliss-reactive ketones (excluding diaryl/α,β-unsaturated/α-hetero) is 1. The van der Waals surface area contributed by atoms with Crippen molar-refractivity contribution in [3.63, 3.8) is 0 Å². The van der Waals surface area contributed by atoms with Gasteiger partial charge in [-0.15, -0.1) is 0 Å². The SMILES string of the molecule is CCCCc1nc2c(N)nc3ccccc3c2n1CCCCNC(=O)CCOCCOCCOCCOCCOCCC(=O)NCCCCC(NC)C(C)=O. The maximum Gasteiger partial charge on any atom is 0.222 e. The van der Waals surface area contributed by atoms with Crippen LogP contribution >= 0.6 is 0 Å². The molecule has 5 N–H and O–H groups in total. The van der Waals surface area contributed by atoms with Crippen molar-refractivity contribution in [1.82, 2.24) is 30.5 Å². The average Bonchev–Trinajstić information content (AvgIpc) is 3.55. The highest BCUT2D eigenvalue weighted by atomic mass is 16.6. The lowest BCUT2D eigenvalue weighted by atomic mass is 10.1. The number of aromatic nitrogens is 3. The van der Waals surface area contributed by atoms with Crippen molar-refractivity contribution in [1.29, 1.82) is 0 Å². The minimum Gasteiger partial charge on any atom is -0.382 e. The summed E-state index contributed by atoms with van der Waals surface area (Å²) in [6, 6.07) is 7.93. The number of ether oxygens (including phenoxy) is 5. The molecule has 3 rings (SSSR count). The number of fused-ring (bicyclic) bond motifs is 3. The zero-order valence-corrected chi connectivity index (χ0v) is 33.3. The molecular weight excluding hydrogens is 706 g/mol. The largest absolute Gasteiger partial charge is 0.382 e. The molecular formula is C40H65N7O8. The number of pyridine rings is 1. The summed E-state index contributed by atoms with van der Waals surface area (Å²) in [6.07, 6.45) is 7.86. The summed E-state index contributed by atoms with van der Waals surface area (Å²) < 4.78 is 29.8. The predicted molar refractivity (Wildman–Crippen MR) is 214 cm³/mol. The molecule has 2 amide bonds. The van der Waals surface area contributed by atoms with Crippen molar-refractivity contribution in [2.24, 2.45) is 0 Å². The third-order valence-corrected chi connectivity index (χ3v) is 9.09. The van der Waals surface area contributed by atoms with Crippen LogP contribution in [0.15, 0.2) is 24.3 Å². The van der Waals surface area contributed by atoms with Crippen LogP contribution in [-0.4, -0.2) is 124 Å². The first-order chi connectivity index (χ1) is 26.8. The summed E-state index contributed by atoms with van der Waals surface area (Å²) in [6.45, 7) is 9.89. The highest BCUT2D eigenvalue weighted by Gasteiger charge is 2.17. The maximum atomic E-state index is 12.3. The fourth-order valence-corrected chi connectivity index (χ4v) is 6.03. The van der Waals surface area contributed by atoms with E-state index in [1.807, 2.05) is 18.2 Å². The molecule has 0 aliphatic rings. The number of hydrogen-bond acceptors (Lipinski definition) is 12. The Labute approximate surface area is 326 Å². The summed E-state index contributed by atoms with van der Waals surface area (Å²) in [4.78, 5) is 45.1. The lowest BCUT2D eigenvalue weighted by Gasteiger charge is -2.12. The Balaban J connectivity index is 1.09. The van der Waals surface area contributed by atoms with Gasteiger partial charge in [0, 0.05) is 44.3 Å². The Morgan fingerprint density at radius 3 is 1.84 bits per heavy atom. The first-order valence-corrected chi connectivity index (χ1v) is 20.0. The van der Waals surface area contributed by atoms with E-state index in [1.54, 1.807) is 14.0 Å². The van der Waals surface area contributed by atoms with Gasteiger partial charge in [-0.3, -0.25) is 14.4 Å². The number of likely N-dealkylation sites (N-methyl/N-ethyl adjacent to an activating group) is 1. The number of amides is 2. The van der Waals surface area contributed by atoms with Gasteiger partial charge in [-0.25, -0.2) is 9.97 Å². The summed E-state index contributed by atoms with van der Waals surface area (Å²) >= 11 is 0. The third-order valence-electron chi connectivity index (χ3n) is 9.09. The summed E-state index contributed by atoms with van der Waals surface area (Å²) in [7, 11) is 1.78. The van der Waals surface area contributed by atoms with E-state index in [4.69, 9.17) is 34.4 Å². The lowest BCUT2D eigenvalue weighted by molar-refractivity contribution is -0.123. The van der Waals surface area contributed by atoms with E-state index in [0.717, 1.165) is 85.7 Å². The number of carbonyl (C=O) groups is 3. The molecule has 2 heterocycles. The first-order valence-electron chi connectivity index (χ1n) is 20.0. The van der Waals surface area contributed by atoms with Crippen molar-refractivity contribution in [3.05, 3.63) is 30.1 Å². The van der Waals surface area contributed by atoms with Gasteiger partial charge >= 0.3 is 0 Å². The smallest absolute Gasteiger partial charge is 0.222 e. The molecule has 1 unspecified atom stereocenters. The summed E-state index contributed by atoms with van der Waals surface area (Å²) in [5.74, 6) is 1.56. The monoisotopic (exact) mass is 771 g/mol. The van der Waals surface area contributed by atoms with Crippen molar-refractivity contribution in [2.75, 3.05) is 91.9 Å². The lowest BCUT2D eigenvalue weighted by Crippen LogP contribution is -2.32. The Morgan fingerprint density at radius 2 is 1.29 bits per heavy atom. The fourth-order valence-electron chi connectivity index (χ4n) is 6.03. The number of imidazole rings is 1. The van der Waals surface area contributed by atoms with E-state index in [1.165, 1.54) is 0 Å². The van der Waals surface area contributed by atoms with E-state index in [0.29, 0.717) is 97.8 Å². The van der Waals surface area contributed by atoms with Gasteiger partial charge in [-0.05, 0) is 58.6 Å². The molecule has 0 aliphatic heterocycles. The van der Waals surface area contributed by atoms with Crippen LogP contribution in [0.25, 0.3) is 21.9 Å². The highest BCUT2D eigenvalue weighted by Crippen LogP contribution is 2.29. The van der Waals surface area contributed by atoms with Gasteiger partial charge in [-0.2, -0.15) is 0 Å². The fraction of sp³-hybridized carbons (Fsp3) is 0.675. The van der Waals surface area contributed by atoms with Crippen LogP contribution in [-0.2, 0) is 51.0 Å². The van der Waals surface area contributed by atoms with E-state index in [-0.39, 0.29) is 23.6 Å². The van der Waals surface area contributed by atoms with Gasteiger partial charge in [0.2, 0.25) is 11.8 Å². The number of anilines is 1. The number of nitrogen functional groups attached to an aromatic ring is 1. The molecule has 0 fully saturated rings. The number of unbranched alkanes of at least 4 members (excludes halogenated alkanes) is 3. The normalized spacial score (nSPS) is 12.1. The summed E-state index contributed by atoms with van der Waals surface area (Å²) in [5.41, 5.74) is 8.99. The van der Waals surface area contributed by atoms with Crippen LogP contribution in [0.2, 0.25) is 0 Å². The molecule has 15 nitrogen and oxygen atoms in total. The number of nitrogens with two attached hydrogens (primary N) is 1. The Kier molecular flexibility index (Phi) is 23.1. The zero-order valence-electron chi connectivity index (χ0n) is 33.3. The second-order valence-electron chi connectivity index (χ2n) is 13.4. The van der Waals surface area contributed by atoms with Gasteiger partial charge in [0.25, 0.3) is 0 Å². The number of benzene rings is 1. The van der Waals surface area contributed by atoms with Crippen molar-refractivity contribution < 1.29 is 38.1 Å². The Bertz CT molecular complexity index is 1550. The Morgan fingerprint density at radius 1 is 0.745 bits per heavy atom. The van der Waals surface area contributed by atoms with E-state index in [9.17, 15) is 14.4 Å². The second-order valence-corrected chi connectivity index (χ2v) is 13.4. The Hall–Kier alpha value is -3.73. The number of para-hydroxylation sites is 1. The van der Waals surface area contributed by atoms with Crippen LogP contribution in [0, 0.1) is 0 Å². The van der Waals surface area contributed by atoms with Crippen molar-refractivity contribution in [2.45, 2.75) is 90.6 Å². The number of rotatable bonds is 33. The van der Waals surface area contributed by atoms with Crippen molar-refractivity contribution >= 4 is 45.4 Å². The number of ketones is 1. The molecule has 0 aliphatic carbocycles. The van der Waals surface area contributed by atoms with Gasteiger partial charge in [0.1, 0.15) is 17.1 Å². The van der Waals surface area contributed by atoms with Gasteiger partial charge in [0.05, 0.1) is 83.1 Å². The van der Waals surface area contributed by atoms with Crippen LogP contribution in [0.1, 0.15) is 77.5 Å². The zero-order chi connectivity index (χ0) is 39.5. The minimum absolute atomic E-state index is 0.0267. The average molecular weight is 772 g/mol. The molecule has 0 bridgehead atoms. The minimum atomic E-state index is -0.111. The summed E-state index contributed by atoms with van der Waals surface area (Å²) in [5, 5.41) is 9.93. The topological polar surface area (TPSA) is 190 Å². The number of hydrogen-bond donors (Lipinski definition) is 4. The molecule has 1 aromatic carbocycles. The molecule has 1 atom stereocenters. The maximum absolute atomic E-state index is 12.3. The van der Waals surface area contributed by atoms with E-state index in [2.05, 4.69) is 38.5 Å². The van der Waals surface area contributed by atoms with Crippen LogP contribution < -0.4 is 21.7 Å². The van der Waals surface area contributed by atoms with Gasteiger partial charge in [-0.1, -0.05) is 31.5 Å². The molecule has 0 saturated carbocycles. The molecule has 0 radical (unpaired) electrons. The standard InChI is InChI=1S/C40H65N7O8/c1-4-5-15-35-46-38-39(32-12-6-7-14-34(32)45-40(38)41)47(35)20-11-10-19-44-37(50)17-22-52-24-26-54-28-30-55-29-27-53-25-23-51-21-16-36(49)43-18-9-8-13-33(42-3)31(2)48/h6-7,12,14,33,42H,4-5,8-11,13,15-30H2,1-3H3,(H2,41,45)(H,43,49)(H,44,50). The van der Waals surface area contributed by atoms with Gasteiger partial charge < -0.3 is 49.9 Å². The number of aryl methyl sites for hydroxylation is 2. The number of nitrogens with zero attached hydrogens (tertiary/aromatic N) is 3. The van der Waals surface area contributed by atoms with Crippen LogP contribution in [0.3, 0.4) is 0 Å². The molecule has 0 saturated heterocycles. The van der Waals surface area contributed by atoms with Crippen LogP contribution in [0.4, 0.5) is 5.82 Å². The van der Waals surface area contributed by atoms with Gasteiger partial charge in [0.15, 0.2) is 5.82 Å². The molecule has 0 spiro atoms. The first kappa shape index (κ1) is 45.7. The molecule has 55 heavy (non-hydrogen) atoms. The third kappa shape index (κ3) is 17.7. The van der Waals surface area contributed by atoms with E-state index < -0.39 is 0 Å². The highest BCUT2D eigenvalue weighted by molar-refractivity contribution is 6.06. The van der Waals surface area contributed by atoms with Crippen molar-refractivity contribution in [3.8, 4) is 0 Å². The number of carbonyl (C=O) groups excluding carboxylic acids is 3. The number of nitrogens with one attached hydrogen (secondary N) is 3. The predicted octanol–water partition coefficient (Wildman–Crippen LogP) is 3.73.